The van der Waals surface area contributed by atoms with E-state index in [1.54, 1.807) is 37.3 Å². The monoisotopic (exact) mass is 402 g/mol. The lowest BCUT2D eigenvalue weighted by Gasteiger charge is -2.14. The zero-order chi connectivity index (χ0) is 20.9. The van der Waals surface area contributed by atoms with Gasteiger partial charge in [0.05, 0.1) is 27.0 Å². The Kier molecular flexibility index (Phi) is 6.54. The molecule has 0 radical (unpaired) electrons. The van der Waals surface area contributed by atoms with E-state index in [9.17, 15) is 13.7 Å². The normalized spacial score (nSPS) is 11.5. The van der Waals surface area contributed by atoms with Crippen LogP contribution in [-0.4, -0.2) is 29.7 Å². The number of nitrogens with zero attached hydrogens (tertiary/aromatic N) is 1. The average molecular weight is 402 g/mol. The first-order valence-corrected chi connectivity index (χ1v) is 9.76. The summed E-state index contributed by atoms with van der Waals surface area (Å²) in [6.07, 6.45) is 1.23. The molecule has 0 atom stereocenters. The number of rotatable bonds is 7. The highest BCUT2D eigenvalue weighted by Gasteiger charge is 2.21. The van der Waals surface area contributed by atoms with Gasteiger partial charge in [-0.3, -0.25) is 4.72 Å². The van der Waals surface area contributed by atoms with Gasteiger partial charge < -0.3 is 14.2 Å². The smallest absolute Gasteiger partial charge is 0.272 e. The molecule has 0 aliphatic carbocycles. The van der Waals surface area contributed by atoms with Crippen molar-refractivity contribution in [2.24, 2.45) is 0 Å². The molecule has 2 aromatic rings. The molecule has 0 aliphatic rings. The second kappa shape index (κ2) is 8.67. The molecule has 0 saturated carbocycles. The van der Waals surface area contributed by atoms with Crippen LogP contribution in [0.4, 0.5) is 5.69 Å². The summed E-state index contributed by atoms with van der Waals surface area (Å²) in [5.41, 5.74) is 2.53. The van der Waals surface area contributed by atoms with Crippen molar-refractivity contribution in [3.8, 4) is 23.3 Å². The Morgan fingerprint density at radius 1 is 1.04 bits per heavy atom. The topological polar surface area (TPSA) is 97.7 Å². The fourth-order valence-electron chi connectivity index (χ4n) is 2.68. The zero-order valence-electron chi connectivity index (χ0n) is 16.4. The van der Waals surface area contributed by atoms with Crippen molar-refractivity contribution in [2.45, 2.75) is 13.8 Å². The quantitative estimate of drug-likeness (QED) is 0.710. The predicted molar refractivity (Wildman–Crippen MR) is 108 cm³/mol. The van der Waals surface area contributed by atoms with E-state index in [4.69, 9.17) is 14.2 Å². The number of nitrogens with one attached hydrogen (secondary N) is 1. The van der Waals surface area contributed by atoms with Crippen LogP contribution < -0.4 is 18.9 Å². The molecule has 0 unspecified atom stereocenters. The van der Waals surface area contributed by atoms with Crippen LogP contribution in [-0.2, 0) is 10.0 Å². The molecule has 148 valence electrons. The molecule has 0 heterocycles. The van der Waals surface area contributed by atoms with E-state index < -0.39 is 14.9 Å². The third kappa shape index (κ3) is 4.38. The van der Waals surface area contributed by atoms with Crippen LogP contribution in [0.3, 0.4) is 0 Å². The molecule has 0 fully saturated rings. The summed E-state index contributed by atoms with van der Waals surface area (Å²) in [6.45, 7) is 3.70. The molecule has 28 heavy (non-hydrogen) atoms. The van der Waals surface area contributed by atoms with Crippen LogP contribution in [0, 0.1) is 25.2 Å². The molecule has 0 bridgehead atoms. The highest BCUT2D eigenvalue weighted by Crippen LogP contribution is 2.40. The fourth-order valence-corrected chi connectivity index (χ4v) is 3.71. The van der Waals surface area contributed by atoms with Crippen LogP contribution in [0.2, 0.25) is 0 Å². The summed E-state index contributed by atoms with van der Waals surface area (Å²) in [7, 11) is 0.243. The van der Waals surface area contributed by atoms with Crippen molar-refractivity contribution < 1.29 is 22.6 Å². The number of ether oxygens (including phenoxy) is 3. The van der Waals surface area contributed by atoms with Gasteiger partial charge in [0.15, 0.2) is 16.4 Å². The number of nitriles is 1. The van der Waals surface area contributed by atoms with Crippen molar-refractivity contribution in [2.75, 3.05) is 26.1 Å². The molecule has 0 aromatic heterocycles. The molecule has 7 nitrogen and oxygen atoms in total. The Morgan fingerprint density at radius 3 is 2.25 bits per heavy atom. The summed E-state index contributed by atoms with van der Waals surface area (Å²) < 4.78 is 43.8. The maximum Gasteiger partial charge on any atom is 0.272 e. The highest BCUT2D eigenvalue weighted by molar-refractivity contribution is 7.97. The molecule has 0 spiro atoms. The Bertz CT molecular complexity index is 1050. The third-order valence-corrected chi connectivity index (χ3v) is 5.32. The predicted octanol–water partition coefficient (Wildman–Crippen LogP) is 3.64. The molecule has 2 aromatic carbocycles. The third-order valence-electron chi connectivity index (χ3n) is 4.05. The molecule has 1 N–H and O–H groups in total. The van der Waals surface area contributed by atoms with E-state index in [-0.39, 0.29) is 5.75 Å². The lowest BCUT2D eigenvalue weighted by molar-refractivity contribution is 0.324. The van der Waals surface area contributed by atoms with E-state index in [2.05, 4.69) is 4.72 Å². The van der Waals surface area contributed by atoms with Gasteiger partial charge in [-0.15, -0.1) is 0 Å². The number of sulfonamides is 1. The molecule has 0 saturated heterocycles. The van der Waals surface area contributed by atoms with E-state index in [0.29, 0.717) is 22.7 Å². The van der Waals surface area contributed by atoms with Gasteiger partial charge in [-0.25, -0.2) is 8.42 Å². The first-order chi connectivity index (χ1) is 13.3. The Labute approximate surface area is 165 Å². The average Bonchev–Trinajstić information content (AvgIpc) is 2.67. The molecule has 8 heteroatoms. The minimum absolute atomic E-state index is 0.260. The van der Waals surface area contributed by atoms with Crippen LogP contribution in [0.1, 0.15) is 16.7 Å². The Morgan fingerprint density at radius 2 is 1.71 bits per heavy atom. The second-order valence-corrected chi connectivity index (χ2v) is 7.62. The highest BCUT2D eigenvalue weighted by atomic mass is 32.2. The summed E-state index contributed by atoms with van der Waals surface area (Å²) >= 11 is 0. The van der Waals surface area contributed by atoms with Crippen LogP contribution in [0.25, 0.3) is 6.08 Å². The minimum atomic E-state index is -4.10. The molecule has 0 amide bonds. The maximum absolute atomic E-state index is 12.8. The second-order valence-electron chi connectivity index (χ2n) is 5.97. The van der Waals surface area contributed by atoms with E-state index >= 15 is 0 Å². The number of anilines is 1. The summed E-state index contributed by atoms with van der Waals surface area (Å²) in [4.78, 5) is -0.460. The molecule has 0 aliphatic heterocycles. The number of aryl methyl sites for hydroxylation is 2. The largest absolute Gasteiger partial charge is 0.493 e. The van der Waals surface area contributed by atoms with Crippen LogP contribution in [0.15, 0.2) is 35.2 Å². The molecular weight excluding hydrogens is 380 g/mol. The van der Waals surface area contributed by atoms with Gasteiger partial charge in [-0.05, 0) is 43.7 Å². The van der Waals surface area contributed by atoms with Crippen molar-refractivity contribution >= 4 is 21.8 Å². The van der Waals surface area contributed by atoms with Gasteiger partial charge >= 0.3 is 0 Å². The fraction of sp³-hybridized carbons (Fsp3) is 0.250. The van der Waals surface area contributed by atoms with Gasteiger partial charge in [0.1, 0.15) is 6.07 Å². The SMILES string of the molecule is COc1ccc(/C=C(/C#N)S(=O)(=O)Nc2ccc(C)cc2C)c(OC)c1OC. The van der Waals surface area contributed by atoms with Crippen LogP contribution >= 0.6 is 0 Å². The van der Waals surface area contributed by atoms with Crippen molar-refractivity contribution in [1.82, 2.24) is 0 Å². The standard InChI is InChI=1S/C20H22N2O5S/c1-13-6-8-17(14(2)10-13)22-28(23,24)16(12-21)11-15-7-9-18(25-3)20(27-5)19(15)26-4/h6-11,22H,1-5H3/b16-11-. The molecular formula is C20H22N2O5S. The minimum Gasteiger partial charge on any atom is -0.493 e. The first-order valence-electron chi connectivity index (χ1n) is 8.28. The van der Waals surface area contributed by atoms with Gasteiger partial charge in [-0.1, -0.05) is 17.7 Å². The van der Waals surface area contributed by atoms with Crippen molar-refractivity contribution in [3.63, 3.8) is 0 Å². The van der Waals surface area contributed by atoms with Crippen molar-refractivity contribution in [3.05, 3.63) is 51.9 Å². The van der Waals surface area contributed by atoms with E-state index in [1.165, 1.54) is 27.4 Å². The van der Waals surface area contributed by atoms with Crippen LogP contribution in [0.5, 0.6) is 17.2 Å². The van der Waals surface area contributed by atoms with Gasteiger partial charge in [0.25, 0.3) is 10.0 Å². The number of allylic oxidation sites excluding steroid dienone is 1. The summed E-state index contributed by atoms with van der Waals surface area (Å²) in [5.74, 6) is 0.985. The number of hydrogen-bond donors (Lipinski definition) is 1. The Hall–Kier alpha value is -3.18. The number of hydrogen-bond acceptors (Lipinski definition) is 6. The lowest BCUT2D eigenvalue weighted by Crippen LogP contribution is -2.15. The molecule has 2 rings (SSSR count). The van der Waals surface area contributed by atoms with Gasteiger partial charge in [0.2, 0.25) is 5.75 Å². The summed E-state index contributed by atoms with van der Waals surface area (Å²) in [6, 6.07) is 10.2. The van der Waals surface area contributed by atoms with Gasteiger partial charge in [0, 0.05) is 5.56 Å². The number of benzene rings is 2. The van der Waals surface area contributed by atoms with E-state index in [1.807, 2.05) is 13.0 Å². The summed E-state index contributed by atoms with van der Waals surface area (Å²) in [5, 5.41) is 9.47. The van der Waals surface area contributed by atoms with Crippen molar-refractivity contribution in [1.29, 1.82) is 5.26 Å². The number of methoxy groups -OCH3 is 3. The van der Waals surface area contributed by atoms with E-state index in [0.717, 1.165) is 11.1 Å². The zero-order valence-corrected chi connectivity index (χ0v) is 17.2. The first kappa shape index (κ1) is 21.1. The Balaban J connectivity index is 2.52. The lowest BCUT2D eigenvalue weighted by atomic mass is 10.1. The van der Waals surface area contributed by atoms with Gasteiger partial charge in [-0.2, -0.15) is 5.26 Å². The maximum atomic E-state index is 12.8.